The van der Waals surface area contributed by atoms with Crippen LogP contribution in [0.25, 0.3) is 5.69 Å². The number of halogens is 1. The lowest BCUT2D eigenvalue weighted by Gasteiger charge is -2.12. The summed E-state index contributed by atoms with van der Waals surface area (Å²) < 4.78 is 47.6. The number of ether oxygens (including phenoxy) is 1. The first-order chi connectivity index (χ1) is 13.7. The van der Waals surface area contributed by atoms with Gasteiger partial charge in [-0.1, -0.05) is 0 Å². The summed E-state index contributed by atoms with van der Waals surface area (Å²) in [7, 11) is -2.87. The van der Waals surface area contributed by atoms with Gasteiger partial charge in [0.05, 0.1) is 12.8 Å². The van der Waals surface area contributed by atoms with Crippen LogP contribution in [0.5, 0.6) is 5.75 Å². The molecule has 0 spiro atoms. The number of nitrogens with two attached hydrogens (primary N) is 1. The Labute approximate surface area is 163 Å². The number of methoxy groups -OCH3 is 1. The van der Waals surface area contributed by atoms with Gasteiger partial charge in [-0.2, -0.15) is 9.36 Å². The number of nitrogens with zero attached hydrogens (tertiary/aromatic N) is 4. The average molecular weight is 422 g/mol. The number of aromatic nitrogens is 4. The quantitative estimate of drug-likeness (QED) is 0.538. The number of amides is 1. The number of carbonyl (C=O) groups is 1. The number of hydrogen-bond acceptors (Lipinski definition) is 7. The van der Waals surface area contributed by atoms with Crippen molar-refractivity contribution < 1.29 is 22.3 Å². The zero-order valence-electron chi connectivity index (χ0n) is 14.9. The Morgan fingerprint density at radius 1 is 1.21 bits per heavy atom. The van der Waals surface area contributed by atoms with E-state index in [9.17, 15) is 22.4 Å². The van der Waals surface area contributed by atoms with E-state index in [1.807, 2.05) is 0 Å². The molecule has 3 N–H and O–H groups in total. The standard InChI is InChI=1S/C16H15FN6O5S/c1-28-13-7-2-10(17)8-14(13)29(26,27)19-11-3-5-12(6-4-11)23-16(25)22(20-21-23)9-15(18)24/h2-8,19H,9H2,1H3,(H2,18,24). The molecule has 0 aliphatic carbocycles. The summed E-state index contributed by atoms with van der Waals surface area (Å²) in [6.07, 6.45) is 0. The molecule has 3 aromatic rings. The number of tetrazole rings is 1. The van der Waals surface area contributed by atoms with Gasteiger partial charge in [-0.25, -0.2) is 17.6 Å². The molecular weight excluding hydrogens is 407 g/mol. The lowest BCUT2D eigenvalue weighted by Crippen LogP contribution is -2.30. The zero-order chi connectivity index (χ0) is 21.2. The lowest BCUT2D eigenvalue weighted by atomic mass is 10.3. The van der Waals surface area contributed by atoms with Crippen LogP contribution in [-0.4, -0.2) is 41.2 Å². The van der Waals surface area contributed by atoms with E-state index in [4.69, 9.17) is 10.5 Å². The van der Waals surface area contributed by atoms with E-state index < -0.39 is 34.0 Å². The Balaban J connectivity index is 1.86. The van der Waals surface area contributed by atoms with Crippen LogP contribution in [-0.2, 0) is 21.4 Å². The summed E-state index contributed by atoms with van der Waals surface area (Å²) in [6.45, 7) is -0.424. The molecule has 2 aromatic carbocycles. The van der Waals surface area contributed by atoms with E-state index in [1.54, 1.807) is 0 Å². The van der Waals surface area contributed by atoms with E-state index in [1.165, 1.54) is 37.4 Å². The Morgan fingerprint density at radius 2 is 1.90 bits per heavy atom. The smallest absolute Gasteiger partial charge is 0.368 e. The summed E-state index contributed by atoms with van der Waals surface area (Å²) in [5.41, 5.74) is 4.76. The van der Waals surface area contributed by atoms with Crippen LogP contribution in [0, 0.1) is 5.82 Å². The molecule has 0 saturated carbocycles. The van der Waals surface area contributed by atoms with Gasteiger partial charge in [0, 0.05) is 5.69 Å². The molecule has 152 valence electrons. The van der Waals surface area contributed by atoms with Crippen molar-refractivity contribution in [2.24, 2.45) is 5.73 Å². The van der Waals surface area contributed by atoms with Crippen molar-refractivity contribution in [3.05, 3.63) is 58.8 Å². The van der Waals surface area contributed by atoms with Gasteiger partial charge in [-0.05, 0) is 52.9 Å². The maximum Gasteiger partial charge on any atom is 0.368 e. The fraction of sp³-hybridized carbons (Fsp3) is 0.125. The molecule has 0 atom stereocenters. The molecule has 1 aromatic heterocycles. The van der Waals surface area contributed by atoms with Crippen LogP contribution < -0.4 is 20.9 Å². The normalized spacial score (nSPS) is 11.2. The molecule has 1 amide bonds. The average Bonchev–Trinajstić information content (AvgIpc) is 3.02. The number of anilines is 1. The minimum absolute atomic E-state index is 0.0202. The molecule has 13 heteroatoms. The summed E-state index contributed by atoms with van der Waals surface area (Å²) in [5.74, 6) is -1.51. The van der Waals surface area contributed by atoms with E-state index in [0.717, 1.165) is 21.5 Å². The van der Waals surface area contributed by atoms with Gasteiger partial charge < -0.3 is 10.5 Å². The number of rotatable bonds is 7. The van der Waals surface area contributed by atoms with Gasteiger partial charge in [0.25, 0.3) is 10.0 Å². The summed E-state index contributed by atoms with van der Waals surface area (Å²) >= 11 is 0. The Kier molecular flexibility index (Phi) is 5.32. The largest absolute Gasteiger partial charge is 0.495 e. The predicted octanol–water partition coefficient (Wildman–Crippen LogP) is -0.137. The SMILES string of the molecule is COc1ccc(F)cc1S(=O)(=O)Nc1ccc(-n2nnn(CC(N)=O)c2=O)cc1. The second-order valence-corrected chi connectivity index (χ2v) is 7.40. The highest BCUT2D eigenvalue weighted by Crippen LogP contribution is 2.26. The number of sulfonamides is 1. The molecule has 0 radical (unpaired) electrons. The third-order valence-corrected chi connectivity index (χ3v) is 5.13. The molecule has 29 heavy (non-hydrogen) atoms. The highest BCUT2D eigenvalue weighted by molar-refractivity contribution is 7.92. The van der Waals surface area contributed by atoms with Crippen molar-refractivity contribution in [2.45, 2.75) is 11.4 Å². The van der Waals surface area contributed by atoms with Gasteiger partial charge in [-0.3, -0.25) is 9.52 Å². The third kappa shape index (κ3) is 4.24. The first-order valence-electron chi connectivity index (χ1n) is 7.99. The highest BCUT2D eigenvalue weighted by atomic mass is 32.2. The first-order valence-corrected chi connectivity index (χ1v) is 9.47. The van der Waals surface area contributed by atoms with Crippen molar-refractivity contribution in [1.82, 2.24) is 19.8 Å². The maximum atomic E-state index is 13.5. The molecule has 0 saturated heterocycles. The molecule has 1 heterocycles. The van der Waals surface area contributed by atoms with Gasteiger partial charge >= 0.3 is 5.69 Å². The Hall–Kier alpha value is -3.74. The van der Waals surface area contributed by atoms with Crippen LogP contribution in [0.15, 0.2) is 52.2 Å². The molecule has 0 bridgehead atoms. The van der Waals surface area contributed by atoms with Crippen LogP contribution in [0.2, 0.25) is 0 Å². The van der Waals surface area contributed by atoms with Gasteiger partial charge in [-0.15, -0.1) is 0 Å². The van der Waals surface area contributed by atoms with Gasteiger partial charge in [0.15, 0.2) is 0 Å². The van der Waals surface area contributed by atoms with Crippen LogP contribution in [0.4, 0.5) is 10.1 Å². The fourth-order valence-corrected chi connectivity index (χ4v) is 3.66. The van der Waals surface area contributed by atoms with Gasteiger partial charge in [0.2, 0.25) is 5.91 Å². The molecule has 0 unspecified atom stereocenters. The van der Waals surface area contributed by atoms with Crippen molar-refractivity contribution >= 4 is 21.6 Å². The molecule has 0 aliphatic heterocycles. The number of nitrogens with one attached hydrogen (secondary N) is 1. The molecule has 0 fully saturated rings. The van der Waals surface area contributed by atoms with E-state index >= 15 is 0 Å². The second kappa shape index (κ2) is 7.71. The van der Waals surface area contributed by atoms with E-state index in [2.05, 4.69) is 15.1 Å². The topological polar surface area (TPSA) is 151 Å². The minimum Gasteiger partial charge on any atom is -0.495 e. The minimum atomic E-state index is -4.14. The molecule has 3 rings (SSSR count). The highest BCUT2D eigenvalue weighted by Gasteiger charge is 2.21. The summed E-state index contributed by atoms with van der Waals surface area (Å²) in [5, 5.41) is 7.17. The Morgan fingerprint density at radius 3 is 2.52 bits per heavy atom. The van der Waals surface area contributed by atoms with Gasteiger partial charge in [0.1, 0.15) is 23.0 Å². The number of primary amides is 1. The number of benzene rings is 2. The molecular formula is C16H15FN6O5S. The molecule has 0 aliphatic rings. The van der Waals surface area contributed by atoms with Crippen LogP contribution >= 0.6 is 0 Å². The summed E-state index contributed by atoms with van der Waals surface area (Å²) in [6, 6.07) is 8.68. The van der Waals surface area contributed by atoms with Crippen LogP contribution in [0.1, 0.15) is 0 Å². The zero-order valence-corrected chi connectivity index (χ0v) is 15.8. The Bertz CT molecular complexity index is 1220. The summed E-state index contributed by atoms with van der Waals surface area (Å²) in [4.78, 5) is 22.7. The van der Waals surface area contributed by atoms with Crippen molar-refractivity contribution in [3.8, 4) is 11.4 Å². The number of hydrogen-bond donors (Lipinski definition) is 2. The second-order valence-electron chi connectivity index (χ2n) is 5.74. The lowest BCUT2D eigenvalue weighted by molar-refractivity contribution is -0.118. The first kappa shape index (κ1) is 20.0. The monoisotopic (exact) mass is 422 g/mol. The van der Waals surface area contributed by atoms with E-state index in [0.29, 0.717) is 0 Å². The third-order valence-electron chi connectivity index (χ3n) is 3.72. The predicted molar refractivity (Wildman–Crippen MR) is 98.6 cm³/mol. The molecule has 11 nitrogen and oxygen atoms in total. The fourth-order valence-electron chi connectivity index (χ4n) is 2.42. The van der Waals surface area contributed by atoms with Crippen LogP contribution in [0.3, 0.4) is 0 Å². The van der Waals surface area contributed by atoms with Crippen molar-refractivity contribution in [2.75, 3.05) is 11.8 Å². The van der Waals surface area contributed by atoms with Crippen molar-refractivity contribution in [1.29, 1.82) is 0 Å². The maximum absolute atomic E-state index is 13.5. The number of carbonyl (C=O) groups excluding carboxylic acids is 1. The van der Waals surface area contributed by atoms with E-state index in [-0.39, 0.29) is 22.0 Å². The van der Waals surface area contributed by atoms with Crippen molar-refractivity contribution in [3.63, 3.8) is 0 Å².